The second kappa shape index (κ2) is 4.89. The number of rotatable bonds is 0. The minimum absolute atomic E-state index is 0.336. The number of ether oxygens (including phenoxy) is 1. The van der Waals surface area contributed by atoms with Crippen molar-refractivity contribution in [3.8, 4) is 0 Å². The van der Waals surface area contributed by atoms with Gasteiger partial charge in [-0.15, -0.1) is 0 Å². The van der Waals surface area contributed by atoms with E-state index in [9.17, 15) is 0 Å². The molecule has 2 aliphatic carbocycles. The zero-order chi connectivity index (χ0) is 11.7. The maximum absolute atomic E-state index is 6.24. The molecule has 0 aromatic heterocycles. The molecule has 4 atom stereocenters. The van der Waals surface area contributed by atoms with E-state index in [0.717, 1.165) is 12.5 Å². The zero-order valence-electron chi connectivity index (χ0n) is 11.2. The predicted molar refractivity (Wildman–Crippen MR) is 70.1 cm³/mol. The van der Waals surface area contributed by atoms with Gasteiger partial charge in [-0.2, -0.15) is 0 Å². The molecule has 0 bridgehead atoms. The minimum atomic E-state index is 0.336. The van der Waals surface area contributed by atoms with Gasteiger partial charge >= 0.3 is 0 Å². The van der Waals surface area contributed by atoms with Crippen LogP contribution in [0.1, 0.15) is 64.7 Å². The van der Waals surface area contributed by atoms with E-state index in [-0.39, 0.29) is 0 Å². The van der Waals surface area contributed by atoms with Crippen molar-refractivity contribution in [1.82, 2.24) is 5.32 Å². The Morgan fingerprint density at radius 2 is 1.94 bits per heavy atom. The minimum Gasteiger partial charge on any atom is -0.375 e. The van der Waals surface area contributed by atoms with E-state index < -0.39 is 0 Å². The summed E-state index contributed by atoms with van der Waals surface area (Å²) < 4.78 is 6.24. The van der Waals surface area contributed by atoms with Crippen molar-refractivity contribution >= 4 is 0 Å². The molecule has 3 rings (SSSR count). The number of nitrogens with one attached hydrogen (secondary N) is 1. The number of morpholine rings is 1. The van der Waals surface area contributed by atoms with E-state index in [4.69, 9.17) is 4.74 Å². The van der Waals surface area contributed by atoms with Crippen LogP contribution < -0.4 is 5.32 Å². The van der Waals surface area contributed by atoms with Gasteiger partial charge in [0.2, 0.25) is 0 Å². The standard InChI is InChI=1S/C15H27NO/c1-12-6-5-9-15(10-12)11-17-14-8-4-2-3-7-13(14)16-15/h12-14,16H,2-11H2,1H3. The van der Waals surface area contributed by atoms with Crippen molar-refractivity contribution in [3.05, 3.63) is 0 Å². The van der Waals surface area contributed by atoms with E-state index in [0.29, 0.717) is 17.7 Å². The third kappa shape index (κ3) is 2.53. The largest absolute Gasteiger partial charge is 0.375 e. The van der Waals surface area contributed by atoms with Crippen LogP contribution in [-0.4, -0.2) is 24.3 Å². The predicted octanol–water partition coefficient (Wildman–Crippen LogP) is 3.26. The summed E-state index contributed by atoms with van der Waals surface area (Å²) in [4.78, 5) is 0. The Morgan fingerprint density at radius 1 is 1.06 bits per heavy atom. The molecule has 1 N–H and O–H groups in total. The average Bonchev–Trinajstić information content (AvgIpc) is 2.53. The van der Waals surface area contributed by atoms with Crippen LogP contribution in [0.2, 0.25) is 0 Å². The Bertz CT molecular complexity index is 268. The molecule has 1 saturated heterocycles. The van der Waals surface area contributed by atoms with Crippen LogP contribution in [0.4, 0.5) is 0 Å². The van der Waals surface area contributed by atoms with Gasteiger partial charge in [0.1, 0.15) is 0 Å². The smallest absolute Gasteiger partial charge is 0.0729 e. The molecule has 3 aliphatic rings. The van der Waals surface area contributed by atoms with E-state index >= 15 is 0 Å². The molecule has 1 heterocycles. The molecule has 4 unspecified atom stereocenters. The fourth-order valence-electron chi connectivity index (χ4n) is 4.26. The summed E-state index contributed by atoms with van der Waals surface area (Å²) in [5, 5.41) is 4.02. The van der Waals surface area contributed by atoms with Crippen LogP contribution >= 0.6 is 0 Å². The van der Waals surface area contributed by atoms with Crippen LogP contribution in [-0.2, 0) is 4.74 Å². The fraction of sp³-hybridized carbons (Fsp3) is 1.00. The highest BCUT2D eigenvalue weighted by Gasteiger charge is 2.43. The van der Waals surface area contributed by atoms with E-state index in [1.165, 1.54) is 57.8 Å². The summed E-state index contributed by atoms with van der Waals surface area (Å²) in [7, 11) is 0. The summed E-state index contributed by atoms with van der Waals surface area (Å²) in [6, 6.07) is 0.650. The Morgan fingerprint density at radius 3 is 2.82 bits per heavy atom. The topological polar surface area (TPSA) is 21.3 Å². The van der Waals surface area contributed by atoms with Gasteiger partial charge in [-0.3, -0.25) is 0 Å². The first kappa shape index (κ1) is 12.0. The van der Waals surface area contributed by atoms with E-state index in [1.54, 1.807) is 0 Å². The summed E-state index contributed by atoms with van der Waals surface area (Å²) in [6.07, 6.45) is 12.8. The Labute approximate surface area is 105 Å². The maximum atomic E-state index is 6.24. The molecule has 0 amide bonds. The Kier molecular flexibility index (Phi) is 3.45. The molecule has 3 fully saturated rings. The van der Waals surface area contributed by atoms with E-state index in [1.807, 2.05) is 0 Å². The molecule has 2 nitrogen and oxygen atoms in total. The first-order chi connectivity index (χ1) is 8.27. The summed E-state index contributed by atoms with van der Waals surface area (Å²) in [6.45, 7) is 3.38. The van der Waals surface area contributed by atoms with Gasteiger partial charge in [0, 0.05) is 11.6 Å². The van der Waals surface area contributed by atoms with Gasteiger partial charge < -0.3 is 10.1 Å². The summed E-state index contributed by atoms with van der Waals surface area (Å²) in [5.74, 6) is 0.877. The molecular formula is C15H27NO. The van der Waals surface area contributed by atoms with Crippen LogP contribution in [0.15, 0.2) is 0 Å². The quantitative estimate of drug-likeness (QED) is 0.698. The molecule has 0 aromatic carbocycles. The SMILES string of the molecule is CC1CCCC2(COC3CCCCCC3N2)C1. The van der Waals surface area contributed by atoms with Crippen molar-refractivity contribution < 1.29 is 4.74 Å². The Hall–Kier alpha value is -0.0800. The second-order valence-corrected chi connectivity index (χ2v) is 6.72. The van der Waals surface area contributed by atoms with Crippen LogP contribution in [0, 0.1) is 5.92 Å². The van der Waals surface area contributed by atoms with Gasteiger partial charge in [0.05, 0.1) is 12.7 Å². The molecular weight excluding hydrogens is 210 g/mol. The third-order valence-corrected chi connectivity index (χ3v) is 5.11. The number of hydrogen-bond donors (Lipinski definition) is 1. The number of hydrogen-bond acceptors (Lipinski definition) is 2. The molecule has 1 aliphatic heterocycles. The molecule has 0 aromatic rings. The van der Waals surface area contributed by atoms with Gasteiger partial charge in [0.25, 0.3) is 0 Å². The lowest BCUT2D eigenvalue weighted by atomic mass is 9.75. The molecule has 2 heteroatoms. The van der Waals surface area contributed by atoms with Crippen molar-refractivity contribution in [3.63, 3.8) is 0 Å². The lowest BCUT2D eigenvalue weighted by Crippen LogP contribution is -2.63. The van der Waals surface area contributed by atoms with Crippen LogP contribution in [0.25, 0.3) is 0 Å². The fourth-order valence-corrected chi connectivity index (χ4v) is 4.26. The highest BCUT2D eigenvalue weighted by molar-refractivity contribution is 5.00. The van der Waals surface area contributed by atoms with Crippen LogP contribution in [0.5, 0.6) is 0 Å². The maximum Gasteiger partial charge on any atom is 0.0729 e. The van der Waals surface area contributed by atoms with Gasteiger partial charge in [-0.25, -0.2) is 0 Å². The lowest BCUT2D eigenvalue weighted by Gasteiger charge is -2.49. The lowest BCUT2D eigenvalue weighted by molar-refractivity contribution is -0.0805. The summed E-state index contributed by atoms with van der Waals surface area (Å²) >= 11 is 0. The van der Waals surface area contributed by atoms with Crippen molar-refractivity contribution in [2.75, 3.05) is 6.61 Å². The third-order valence-electron chi connectivity index (χ3n) is 5.11. The molecule has 2 saturated carbocycles. The number of fused-ring (bicyclic) bond motifs is 1. The van der Waals surface area contributed by atoms with Crippen molar-refractivity contribution in [2.45, 2.75) is 82.4 Å². The normalized spacial score (nSPS) is 47.5. The monoisotopic (exact) mass is 237 g/mol. The van der Waals surface area contributed by atoms with Gasteiger partial charge in [-0.1, -0.05) is 39.0 Å². The average molecular weight is 237 g/mol. The highest BCUT2D eigenvalue weighted by Crippen LogP contribution is 2.37. The van der Waals surface area contributed by atoms with Gasteiger partial charge in [0.15, 0.2) is 0 Å². The Balaban J connectivity index is 1.68. The molecule has 98 valence electrons. The zero-order valence-corrected chi connectivity index (χ0v) is 11.2. The van der Waals surface area contributed by atoms with E-state index in [2.05, 4.69) is 12.2 Å². The molecule has 17 heavy (non-hydrogen) atoms. The summed E-state index contributed by atoms with van der Waals surface area (Å²) in [5.41, 5.74) is 0.336. The highest BCUT2D eigenvalue weighted by atomic mass is 16.5. The van der Waals surface area contributed by atoms with Crippen molar-refractivity contribution in [2.24, 2.45) is 5.92 Å². The van der Waals surface area contributed by atoms with Gasteiger partial charge in [-0.05, 0) is 31.6 Å². The first-order valence-corrected chi connectivity index (χ1v) is 7.67. The molecule has 1 spiro atoms. The molecule has 0 radical (unpaired) electrons. The van der Waals surface area contributed by atoms with Crippen LogP contribution in [0.3, 0.4) is 0 Å². The van der Waals surface area contributed by atoms with Crippen molar-refractivity contribution in [1.29, 1.82) is 0 Å². The first-order valence-electron chi connectivity index (χ1n) is 7.67. The second-order valence-electron chi connectivity index (χ2n) is 6.72.